The summed E-state index contributed by atoms with van der Waals surface area (Å²) in [6.07, 6.45) is 10.7. The van der Waals surface area contributed by atoms with Crippen LogP contribution in [0.2, 0.25) is 0 Å². The van der Waals surface area contributed by atoms with Crippen LogP contribution in [0.1, 0.15) is 22.5 Å². The Hall–Kier alpha value is -4.79. The monoisotopic (exact) mass is 480 g/mol. The first-order chi connectivity index (χ1) is 17.2. The van der Waals surface area contributed by atoms with Crippen LogP contribution in [0.15, 0.2) is 86.0 Å². The second-order valence-electron chi connectivity index (χ2n) is 7.51. The third-order valence-electron chi connectivity index (χ3n) is 5.18. The van der Waals surface area contributed by atoms with Gasteiger partial charge in [-0.15, -0.1) is 11.6 Å². The second kappa shape index (κ2) is 11.4. The van der Waals surface area contributed by atoms with E-state index in [2.05, 4.69) is 41.6 Å². The van der Waals surface area contributed by atoms with Gasteiger partial charge in [-0.3, -0.25) is 0 Å². The molecule has 0 spiro atoms. The summed E-state index contributed by atoms with van der Waals surface area (Å²) in [6, 6.07) is 19.6. The van der Waals surface area contributed by atoms with Crippen LogP contribution in [-0.2, 0) is 12.4 Å². The number of nitrogens with zero attached hydrogens (tertiary/aromatic N) is 5. The molecule has 35 heavy (non-hydrogen) atoms. The van der Waals surface area contributed by atoms with Crippen molar-refractivity contribution in [2.45, 2.75) is 12.4 Å². The average Bonchev–Trinajstić information content (AvgIpc) is 3.72. The van der Waals surface area contributed by atoms with E-state index >= 15 is 0 Å². The van der Waals surface area contributed by atoms with Crippen molar-refractivity contribution >= 4 is 33.4 Å². The van der Waals surface area contributed by atoms with Crippen molar-refractivity contribution in [3.8, 4) is 12.1 Å². The highest BCUT2D eigenvalue weighted by molar-refractivity contribution is 6.16. The van der Waals surface area contributed by atoms with Crippen molar-refractivity contribution < 1.29 is 0 Å². The zero-order valence-electron chi connectivity index (χ0n) is 18.6. The zero-order valence-corrected chi connectivity index (χ0v) is 19.4. The van der Waals surface area contributed by atoms with Crippen LogP contribution in [-0.4, -0.2) is 29.5 Å². The van der Waals surface area contributed by atoms with Crippen molar-refractivity contribution in [1.82, 2.24) is 29.5 Å². The van der Waals surface area contributed by atoms with E-state index in [0.717, 1.165) is 39.7 Å². The summed E-state index contributed by atoms with van der Waals surface area (Å²) in [4.78, 5) is 16.7. The van der Waals surface area contributed by atoms with E-state index in [9.17, 15) is 0 Å². The van der Waals surface area contributed by atoms with Crippen molar-refractivity contribution in [3.05, 3.63) is 108 Å². The molecule has 8 nitrogen and oxygen atoms in total. The van der Waals surface area contributed by atoms with E-state index in [1.165, 1.54) is 0 Å². The zero-order chi connectivity index (χ0) is 24.5. The van der Waals surface area contributed by atoms with E-state index in [-0.39, 0.29) is 0 Å². The van der Waals surface area contributed by atoms with E-state index in [1.54, 1.807) is 25.0 Å². The van der Waals surface area contributed by atoms with E-state index in [4.69, 9.17) is 22.1 Å². The molecule has 0 saturated carbocycles. The third-order valence-corrected chi connectivity index (χ3v) is 5.47. The maximum atomic E-state index is 8.91. The van der Waals surface area contributed by atoms with Gasteiger partial charge in [-0.05, 0) is 47.2 Å². The number of hydrogen-bond acceptors (Lipinski definition) is 4. The first-order valence-electron chi connectivity index (χ1n) is 10.7. The van der Waals surface area contributed by atoms with Crippen molar-refractivity contribution in [1.29, 1.82) is 10.5 Å². The minimum Gasteiger partial charge on any atom is -0.361 e. The molecule has 0 bridgehead atoms. The fraction of sp³-hybridized carbons (Fsp3) is 0.0769. The van der Waals surface area contributed by atoms with Gasteiger partial charge in [-0.25, -0.2) is 9.97 Å². The van der Waals surface area contributed by atoms with Crippen molar-refractivity contribution in [3.63, 3.8) is 0 Å². The number of aromatic amines is 3. The molecule has 172 valence electrons. The fourth-order valence-corrected chi connectivity index (χ4v) is 3.57. The van der Waals surface area contributed by atoms with Gasteiger partial charge in [0, 0.05) is 41.5 Å². The molecule has 0 radical (unpaired) electrons. The highest BCUT2D eigenvalue weighted by Gasteiger charge is 2.03. The van der Waals surface area contributed by atoms with Gasteiger partial charge in [0.1, 0.15) is 0 Å². The van der Waals surface area contributed by atoms with Gasteiger partial charge in [0.05, 0.1) is 54.0 Å². The standard InChI is InChI=1S/C13H10N4.C9H6N2.C4H5ClN2/c14-6-10-1-2-11-3-4-17(13(11)5-10)8-12-7-15-9-16-12;10-6-7-1-2-8-3-4-11-9(8)5-7;5-1-4-2-6-3-7-4/h1-5,7,9H,8H2,(H,15,16);1-5,11H;2-3H,1H2,(H,6,7). The molecule has 2 aromatic carbocycles. The van der Waals surface area contributed by atoms with Gasteiger partial charge < -0.3 is 19.5 Å². The van der Waals surface area contributed by atoms with Gasteiger partial charge in [0.25, 0.3) is 0 Å². The predicted octanol–water partition coefficient (Wildman–Crippen LogP) is 5.47. The lowest BCUT2D eigenvalue weighted by Crippen LogP contribution is -1.97. The van der Waals surface area contributed by atoms with Crippen molar-refractivity contribution in [2.24, 2.45) is 0 Å². The Morgan fingerprint density at radius 3 is 2.11 bits per heavy atom. The normalized spacial score (nSPS) is 10.0. The summed E-state index contributed by atoms with van der Waals surface area (Å²) in [7, 11) is 0. The number of fused-ring (bicyclic) bond motifs is 2. The van der Waals surface area contributed by atoms with Gasteiger partial charge >= 0.3 is 0 Å². The van der Waals surface area contributed by atoms with E-state index in [1.807, 2.05) is 60.9 Å². The molecule has 6 rings (SSSR count). The van der Waals surface area contributed by atoms with Gasteiger partial charge in [-0.2, -0.15) is 10.5 Å². The largest absolute Gasteiger partial charge is 0.361 e. The SMILES string of the molecule is ClCc1cnc[nH]1.N#Cc1ccc2cc[nH]c2c1.N#Cc1ccc2ccn(Cc3cnc[nH]3)c2c1. The lowest BCUT2D eigenvalue weighted by molar-refractivity contribution is 0.814. The predicted molar refractivity (Wildman–Crippen MR) is 136 cm³/mol. The molecule has 4 heterocycles. The third kappa shape index (κ3) is 5.97. The highest BCUT2D eigenvalue weighted by atomic mass is 35.5. The molecule has 0 unspecified atom stereocenters. The topological polar surface area (TPSA) is 126 Å². The molecule has 0 fully saturated rings. The number of halogens is 1. The second-order valence-corrected chi connectivity index (χ2v) is 7.78. The Morgan fingerprint density at radius 2 is 1.49 bits per heavy atom. The summed E-state index contributed by atoms with van der Waals surface area (Å²) in [5, 5.41) is 19.8. The molecular weight excluding hydrogens is 460 g/mol. The minimum atomic E-state index is 0.514. The summed E-state index contributed by atoms with van der Waals surface area (Å²) in [6.45, 7) is 0.735. The fourth-order valence-electron chi connectivity index (χ4n) is 3.42. The summed E-state index contributed by atoms with van der Waals surface area (Å²) >= 11 is 5.40. The van der Waals surface area contributed by atoms with Gasteiger partial charge in [0.2, 0.25) is 0 Å². The molecule has 3 N–H and O–H groups in total. The van der Waals surface area contributed by atoms with Crippen LogP contribution in [0.3, 0.4) is 0 Å². The van der Waals surface area contributed by atoms with Crippen LogP contribution < -0.4 is 0 Å². The van der Waals surface area contributed by atoms with Crippen LogP contribution in [0.5, 0.6) is 0 Å². The molecule has 6 aromatic rings. The van der Waals surface area contributed by atoms with Gasteiger partial charge in [0.15, 0.2) is 0 Å². The Morgan fingerprint density at radius 1 is 0.800 bits per heavy atom. The number of imidazole rings is 2. The molecule has 0 aliphatic heterocycles. The molecule has 0 aliphatic rings. The Balaban J connectivity index is 0.000000137. The number of benzene rings is 2. The van der Waals surface area contributed by atoms with Crippen LogP contribution in [0.4, 0.5) is 0 Å². The molecule has 0 amide bonds. The maximum Gasteiger partial charge on any atom is 0.0992 e. The van der Waals surface area contributed by atoms with E-state index < -0.39 is 0 Å². The van der Waals surface area contributed by atoms with Crippen LogP contribution >= 0.6 is 11.6 Å². The number of alkyl halides is 1. The smallest absolute Gasteiger partial charge is 0.0992 e. The lowest BCUT2D eigenvalue weighted by Gasteiger charge is -2.03. The molecule has 4 aromatic heterocycles. The number of H-pyrrole nitrogens is 3. The molecule has 0 atom stereocenters. The number of rotatable bonds is 3. The lowest BCUT2D eigenvalue weighted by atomic mass is 10.2. The number of nitriles is 2. The maximum absolute atomic E-state index is 8.91. The first-order valence-corrected chi connectivity index (χ1v) is 11.2. The summed E-state index contributed by atoms with van der Waals surface area (Å²) in [5.41, 5.74) is 5.47. The molecule has 0 saturated heterocycles. The minimum absolute atomic E-state index is 0.514. The molecule has 0 aliphatic carbocycles. The summed E-state index contributed by atoms with van der Waals surface area (Å²) in [5.74, 6) is 0.514. The highest BCUT2D eigenvalue weighted by Crippen LogP contribution is 2.18. The number of aromatic nitrogens is 6. The average molecular weight is 481 g/mol. The number of hydrogen-bond donors (Lipinski definition) is 3. The van der Waals surface area contributed by atoms with Crippen LogP contribution in [0, 0.1) is 22.7 Å². The Bertz CT molecular complexity index is 1580. The Kier molecular flexibility index (Phi) is 7.59. The summed E-state index contributed by atoms with van der Waals surface area (Å²) < 4.78 is 2.10. The molecular formula is C26H21ClN8. The van der Waals surface area contributed by atoms with Crippen molar-refractivity contribution in [2.75, 3.05) is 0 Å². The Labute approximate surface area is 206 Å². The molecule has 9 heteroatoms. The first kappa shape index (κ1) is 23.4. The number of nitrogens with one attached hydrogen (secondary N) is 3. The van der Waals surface area contributed by atoms with E-state index in [0.29, 0.717) is 17.0 Å². The quantitative estimate of drug-likeness (QED) is 0.290. The van der Waals surface area contributed by atoms with Crippen LogP contribution in [0.25, 0.3) is 21.8 Å². The van der Waals surface area contributed by atoms with Gasteiger partial charge in [-0.1, -0.05) is 12.1 Å².